The number of rotatable bonds is 5. The number of hydrogen-bond donors (Lipinski definition) is 0. The summed E-state index contributed by atoms with van der Waals surface area (Å²) < 4.78 is 2.01. The Bertz CT molecular complexity index is 936. The highest BCUT2D eigenvalue weighted by Gasteiger charge is 2.21. The number of nitrogens with zero attached hydrogens (tertiary/aromatic N) is 4. The molecule has 0 N–H and O–H groups in total. The zero-order chi connectivity index (χ0) is 18.6. The van der Waals surface area contributed by atoms with Crippen LogP contribution in [0.15, 0.2) is 60.0 Å². The van der Waals surface area contributed by atoms with Crippen LogP contribution in [0.25, 0.3) is 5.52 Å². The molecule has 4 rings (SSSR count). The van der Waals surface area contributed by atoms with Crippen molar-refractivity contribution in [2.45, 2.75) is 11.7 Å². The van der Waals surface area contributed by atoms with E-state index in [0.717, 1.165) is 48.4 Å². The minimum Gasteiger partial charge on any atom is -0.339 e. The van der Waals surface area contributed by atoms with Gasteiger partial charge in [0.2, 0.25) is 5.91 Å². The molecule has 3 heterocycles. The lowest BCUT2D eigenvalue weighted by Crippen LogP contribution is -2.48. The van der Waals surface area contributed by atoms with E-state index in [4.69, 9.17) is 11.6 Å². The van der Waals surface area contributed by atoms with Crippen molar-refractivity contribution in [2.75, 3.05) is 31.9 Å². The molecule has 0 radical (unpaired) electrons. The van der Waals surface area contributed by atoms with Crippen LogP contribution in [0.1, 0.15) is 5.56 Å². The van der Waals surface area contributed by atoms with Crippen molar-refractivity contribution in [1.82, 2.24) is 19.2 Å². The van der Waals surface area contributed by atoms with E-state index in [1.165, 1.54) is 17.3 Å². The van der Waals surface area contributed by atoms with Crippen LogP contribution in [0.5, 0.6) is 0 Å². The molecule has 7 heteroatoms. The molecule has 5 nitrogen and oxygen atoms in total. The summed E-state index contributed by atoms with van der Waals surface area (Å²) in [5.74, 6) is 0.595. The molecule has 0 bridgehead atoms. The molecule has 0 saturated carbocycles. The zero-order valence-electron chi connectivity index (χ0n) is 14.9. The largest absolute Gasteiger partial charge is 0.339 e. The number of imidazole rings is 1. The van der Waals surface area contributed by atoms with Crippen molar-refractivity contribution >= 4 is 34.8 Å². The van der Waals surface area contributed by atoms with E-state index in [2.05, 4.69) is 16.0 Å². The van der Waals surface area contributed by atoms with Gasteiger partial charge in [-0.3, -0.25) is 14.1 Å². The summed E-state index contributed by atoms with van der Waals surface area (Å²) in [5.41, 5.74) is 2.26. The van der Waals surface area contributed by atoms with Gasteiger partial charge in [0, 0.05) is 43.9 Å². The molecular formula is C20H21ClN4OS. The van der Waals surface area contributed by atoms with E-state index in [1.807, 2.05) is 58.1 Å². The van der Waals surface area contributed by atoms with Gasteiger partial charge in [-0.15, -0.1) is 0 Å². The maximum absolute atomic E-state index is 12.6. The summed E-state index contributed by atoms with van der Waals surface area (Å²) in [6, 6.07) is 13.9. The van der Waals surface area contributed by atoms with E-state index in [9.17, 15) is 4.79 Å². The highest BCUT2D eigenvalue weighted by atomic mass is 35.5. The van der Waals surface area contributed by atoms with Crippen LogP contribution < -0.4 is 0 Å². The Morgan fingerprint density at radius 2 is 1.96 bits per heavy atom. The molecule has 1 aliphatic rings. The van der Waals surface area contributed by atoms with Gasteiger partial charge in [0.1, 0.15) is 0 Å². The quantitative estimate of drug-likeness (QED) is 0.615. The van der Waals surface area contributed by atoms with Gasteiger partial charge in [0.25, 0.3) is 0 Å². The molecule has 27 heavy (non-hydrogen) atoms. The fourth-order valence-corrected chi connectivity index (χ4v) is 4.37. The molecule has 3 aromatic rings. The first kappa shape index (κ1) is 18.3. The van der Waals surface area contributed by atoms with Gasteiger partial charge in [-0.1, -0.05) is 41.6 Å². The number of carbonyl (C=O) groups excluding carboxylic acids is 1. The second-order valence-electron chi connectivity index (χ2n) is 6.61. The number of pyridine rings is 1. The molecule has 140 valence electrons. The number of halogens is 1. The lowest BCUT2D eigenvalue weighted by Gasteiger charge is -2.34. The Morgan fingerprint density at radius 1 is 1.11 bits per heavy atom. The first-order chi connectivity index (χ1) is 13.2. The minimum absolute atomic E-state index is 0.176. The fraction of sp³-hybridized carbons (Fsp3) is 0.300. The number of hydrogen-bond acceptors (Lipinski definition) is 4. The summed E-state index contributed by atoms with van der Waals surface area (Å²) >= 11 is 7.56. The lowest BCUT2D eigenvalue weighted by molar-refractivity contribution is -0.130. The average molecular weight is 401 g/mol. The first-order valence-corrected chi connectivity index (χ1v) is 10.3. The average Bonchev–Trinajstić information content (AvgIpc) is 3.10. The molecule has 0 atom stereocenters. The topological polar surface area (TPSA) is 40.9 Å². The molecule has 2 aromatic heterocycles. The Morgan fingerprint density at radius 3 is 2.78 bits per heavy atom. The van der Waals surface area contributed by atoms with Gasteiger partial charge >= 0.3 is 0 Å². The van der Waals surface area contributed by atoms with Crippen LogP contribution in [0.4, 0.5) is 0 Å². The molecule has 1 aliphatic heterocycles. The van der Waals surface area contributed by atoms with E-state index in [0.29, 0.717) is 5.75 Å². The molecule has 0 unspecified atom stereocenters. The predicted octanol–water partition coefficient (Wildman–Crippen LogP) is 3.42. The van der Waals surface area contributed by atoms with E-state index in [1.54, 1.807) is 0 Å². The van der Waals surface area contributed by atoms with Crippen LogP contribution in [0.3, 0.4) is 0 Å². The molecule has 1 saturated heterocycles. The standard InChI is InChI=1S/C20H21ClN4OS/c21-17-5-3-4-16(12-17)14-23-8-10-24(11-9-23)19(26)15-27-20-22-13-18-6-1-2-7-25(18)20/h1-7,12-13H,8-11,14-15H2. The van der Waals surface area contributed by atoms with E-state index >= 15 is 0 Å². The zero-order valence-corrected chi connectivity index (χ0v) is 16.5. The summed E-state index contributed by atoms with van der Waals surface area (Å²) in [4.78, 5) is 21.3. The highest BCUT2D eigenvalue weighted by Crippen LogP contribution is 2.19. The third-order valence-electron chi connectivity index (χ3n) is 4.75. The molecule has 1 fully saturated rings. The van der Waals surface area contributed by atoms with Gasteiger partial charge in [-0.05, 0) is 29.8 Å². The van der Waals surface area contributed by atoms with Gasteiger partial charge in [-0.2, -0.15) is 0 Å². The summed E-state index contributed by atoms with van der Waals surface area (Å²) in [5, 5.41) is 1.63. The maximum Gasteiger partial charge on any atom is 0.233 e. The number of thioether (sulfide) groups is 1. The third kappa shape index (κ3) is 4.46. The monoisotopic (exact) mass is 400 g/mol. The molecule has 1 amide bonds. The van der Waals surface area contributed by atoms with E-state index < -0.39 is 0 Å². The second-order valence-corrected chi connectivity index (χ2v) is 7.99. The molecule has 0 spiro atoms. The first-order valence-electron chi connectivity index (χ1n) is 8.98. The van der Waals surface area contributed by atoms with Crippen molar-refractivity contribution in [3.05, 3.63) is 65.4 Å². The van der Waals surface area contributed by atoms with Crippen LogP contribution in [-0.4, -0.2) is 57.0 Å². The van der Waals surface area contributed by atoms with Crippen molar-refractivity contribution in [3.63, 3.8) is 0 Å². The Labute approximate surface area is 167 Å². The smallest absolute Gasteiger partial charge is 0.233 e. The number of benzene rings is 1. The predicted molar refractivity (Wildman–Crippen MR) is 109 cm³/mol. The number of aromatic nitrogens is 2. The van der Waals surface area contributed by atoms with E-state index in [-0.39, 0.29) is 5.91 Å². The number of fused-ring (bicyclic) bond motifs is 1. The second kappa shape index (κ2) is 8.33. The van der Waals surface area contributed by atoms with Crippen molar-refractivity contribution in [1.29, 1.82) is 0 Å². The normalized spacial score (nSPS) is 15.4. The number of amides is 1. The third-order valence-corrected chi connectivity index (χ3v) is 5.94. The highest BCUT2D eigenvalue weighted by molar-refractivity contribution is 7.99. The van der Waals surface area contributed by atoms with Crippen molar-refractivity contribution in [3.8, 4) is 0 Å². The van der Waals surface area contributed by atoms with Crippen LogP contribution in [0.2, 0.25) is 5.02 Å². The van der Waals surface area contributed by atoms with Crippen molar-refractivity contribution < 1.29 is 4.79 Å². The Balaban J connectivity index is 1.27. The molecule has 0 aliphatic carbocycles. The SMILES string of the molecule is O=C(CSc1ncc2ccccn12)N1CCN(Cc2cccc(Cl)c2)CC1. The minimum atomic E-state index is 0.176. The maximum atomic E-state index is 12.6. The molecule has 1 aromatic carbocycles. The number of piperazine rings is 1. The fourth-order valence-electron chi connectivity index (χ4n) is 3.29. The number of carbonyl (C=O) groups is 1. The summed E-state index contributed by atoms with van der Waals surface area (Å²) in [6.45, 7) is 4.17. The van der Waals surface area contributed by atoms with Crippen LogP contribution in [-0.2, 0) is 11.3 Å². The molecular weight excluding hydrogens is 380 g/mol. The van der Waals surface area contributed by atoms with Crippen molar-refractivity contribution in [2.24, 2.45) is 0 Å². The van der Waals surface area contributed by atoms with Gasteiger partial charge in [0.05, 0.1) is 17.5 Å². The Kier molecular flexibility index (Phi) is 5.66. The lowest BCUT2D eigenvalue weighted by atomic mass is 10.2. The summed E-state index contributed by atoms with van der Waals surface area (Å²) in [6.07, 6.45) is 3.81. The van der Waals surface area contributed by atoms with Crippen LogP contribution >= 0.6 is 23.4 Å². The van der Waals surface area contributed by atoms with Gasteiger partial charge in [-0.25, -0.2) is 4.98 Å². The Hall–Kier alpha value is -2.02. The van der Waals surface area contributed by atoms with Crippen LogP contribution in [0, 0.1) is 0 Å². The van der Waals surface area contributed by atoms with Gasteiger partial charge in [0.15, 0.2) is 5.16 Å². The summed E-state index contributed by atoms with van der Waals surface area (Å²) in [7, 11) is 0. The van der Waals surface area contributed by atoms with Gasteiger partial charge < -0.3 is 4.90 Å².